The fourth-order valence-corrected chi connectivity index (χ4v) is 1.94. The van der Waals surface area contributed by atoms with Gasteiger partial charge in [0.15, 0.2) is 11.6 Å². The second-order valence-corrected chi connectivity index (χ2v) is 4.89. The monoisotopic (exact) mass is 234 g/mol. The number of nitrogens with one attached hydrogen (secondary N) is 1. The van der Waals surface area contributed by atoms with Gasteiger partial charge in [0.2, 0.25) is 0 Å². The lowest BCUT2D eigenvalue weighted by molar-refractivity contribution is 0.317. The standard InChI is InChI=1S/C14H22N2O/c1-3-9-17-13-5-4-8-15-14(13)16-10-11(2)12-6-7-12/h4-5,8,11-12H,3,6-7,9-10H2,1-2H3,(H,15,16). The van der Waals surface area contributed by atoms with Crippen LogP contribution in [0, 0.1) is 11.8 Å². The van der Waals surface area contributed by atoms with Crippen molar-refractivity contribution in [2.75, 3.05) is 18.5 Å². The van der Waals surface area contributed by atoms with Gasteiger partial charge in [-0.05, 0) is 43.2 Å². The van der Waals surface area contributed by atoms with Crippen molar-refractivity contribution in [1.82, 2.24) is 4.98 Å². The van der Waals surface area contributed by atoms with Crippen LogP contribution in [0.4, 0.5) is 5.82 Å². The third kappa shape index (κ3) is 3.62. The van der Waals surface area contributed by atoms with E-state index in [1.807, 2.05) is 18.3 Å². The van der Waals surface area contributed by atoms with Crippen LogP contribution in [0.1, 0.15) is 33.1 Å². The quantitative estimate of drug-likeness (QED) is 0.785. The highest BCUT2D eigenvalue weighted by Gasteiger charge is 2.27. The molecule has 3 nitrogen and oxygen atoms in total. The molecule has 1 aromatic rings. The Kier molecular flexibility index (Phi) is 4.24. The van der Waals surface area contributed by atoms with Crippen LogP contribution in [0.3, 0.4) is 0 Å². The highest BCUT2D eigenvalue weighted by atomic mass is 16.5. The molecular formula is C14H22N2O. The van der Waals surface area contributed by atoms with Crippen LogP contribution in [-0.2, 0) is 0 Å². The molecule has 1 heterocycles. The number of nitrogens with zero attached hydrogens (tertiary/aromatic N) is 1. The van der Waals surface area contributed by atoms with E-state index >= 15 is 0 Å². The maximum Gasteiger partial charge on any atom is 0.168 e. The molecule has 1 aliphatic rings. The van der Waals surface area contributed by atoms with Crippen molar-refractivity contribution in [1.29, 1.82) is 0 Å². The summed E-state index contributed by atoms with van der Waals surface area (Å²) in [7, 11) is 0. The van der Waals surface area contributed by atoms with Crippen molar-refractivity contribution in [2.45, 2.75) is 33.1 Å². The summed E-state index contributed by atoms with van der Waals surface area (Å²) in [6.07, 6.45) is 5.62. The summed E-state index contributed by atoms with van der Waals surface area (Å²) in [5.74, 6) is 3.41. The molecule has 2 rings (SSSR count). The van der Waals surface area contributed by atoms with Gasteiger partial charge in [0.25, 0.3) is 0 Å². The fourth-order valence-electron chi connectivity index (χ4n) is 1.94. The summed E-state index contributed by atoms with van der Waals surface area (Å²) in [6, 6.07) is 3.90. The molecule has 0 aliphatic heterocycles. The average molecular weight is 234 g/mol. The summed E-state index contributed by atoms with van der Waals surface area (Å²) >= 11 is 0. The highest BCUT2D eigenvalue weighted by molar-refractivity contribution is 5.49. The summed E-state index contributed by atoms with van der Waals surface area (Å²) in [5.41, 5.74) is 0. The third-order valence-electron chi connectivity index (χ3n) is 3.25. The molecule has 1 N–H and O–H groups in total. The molecule has 94 valence electrons. The molecule has 0 saturated heterocycles. The van der Waals surface area contributed by atoms with Gasteiger partial charge in [0.1, 0.15) is 0 Å². The van der Waals surface area contributed by atoms with E-state index in [2.05, 4.69) is 24.1 Å². The largest absolute Gasteiger partial charge is 0.490 e. The maximum atomic E-state index is 5.67. The minimum atomic E-state index is 0.732. The molecule has 1 aromatic heterocycles. The Bertz CT molecular complexity index is 350. The van der Waals surface area contributed by atoms with Gasteiger partial charge in [-0.1, -0.05) is 13.8 Å². The molecule has 0 spiro atoms. The second-order valence-electron chi connectivity index (χ2n) is 4.89. The number of hydrogen-bond donors (Lipinski definition) is 1. The first-order valence-corrected chi connectivity index (χ1v) is 6.63. The Hall–Kier alpha value is -1.25. The van der Waals surface area contributed by atoms with E-state index in [0.717, 1.165) is 43.0 Å². The van der Waals surface area contributed by atoms with E-state index in [9.17, 15) is 0 Å². The number of aromatic nitrogens is 1. The van der Waals surface area contributed by atoms with Crippen molar-refractivity contribution in [3.63, 3.8) is 0 Å². The Morgan fingerprint density at radius 2 is 2.35 bits per heavy atom. The SMILES string of the molecule is CCCOc1cccnc1NCC(C)C1CC1. The minimum absolute atomic E-state index is 0.732. The lowest BCUT2D eigenvalue weighted by Crippen LogP contribution is -2.14. The molecule has 1 unspecified atom stereocenters. The second kappa shape index (κ2) is 5.89. The predicted octanol–water partition coefficient (Wildman–Crippen LogP) is 3.33. The number of pyridine rings is 1. The predicted molar refractivity (Wildman–Crippen MR) is 70.4 cm³/mol. The van der Waals surface area contributed by atoms with E-state index in [0.29, 0.717) is 0 Å². The van der Waals surface area contributed by atoms with Crippen LogP contribution < -0.4 is 10.1 Å². The molecule has 1 aliphatic carbocycles. The van der Waals surface area contributed by atoms with Crippen LogP contribution in [-0.4, -0.2) is 18.1 Å². The summed E-state index contributed by atoms with van der Waals surface area (Å²) in [5, 5.41) is 3.41. The van der Waals surface area contributed by atoms with Gasteiger partial charge < -0.3 is 10.1 Å². The van der Waals surface area contributed by atoms with Crippen LogP contribution in [0.5, 0.6) is 5.75 Å². The number of hydrogen-bond acceptors (Lipinski definition) is 3. The molecule has 0 bridgehead atoms. The zero-order chi connectivity index (χ0) is 12.1. The zero-order valence-electron chi connectivity index (χ0n) is 10.8. The number of rotatable bonds is 7. The molecule has 3 heteroatoms. The third-order valence-corrected chi connectivity index (χ3v) is 3.25. The van der Waals surface area contributed by atoms with E-state index in [-0.39, 0.29) is 0 Å². The molecule has 0 aromatic carbocycles. The molecular weight excluding hydrogens is 212 g/mol. The fraction of sp³-hybridized carbons (Fsp3) is 0.643. The summed E-state index contributed by atoms with van der Waals surface area (Å²) in [4.78, 5) is 4.35. The first-order valence-electron chi connectivity index (χ1n) is 6.63. The lowest BCUT2D eigenvalue weighted by Gasteiger charge is -2.14. The normalized spacial score (nSPS) is 16.6. The van der Waals surface area contributed by atoms with Gasteiger partial charge in [-0.3, -0.25) is 0 Å². The van der Waals surface area contributed by atoms with Gasteiger partial charge in [-0.25, -0.2) is 4.98 Å². The van der Waals surface area contributed by atoms with Gasteiger partial charge in [-0.15, -0.1) is 0 Å². The van der Waals surface area contributed by atoms with E-state index < -0.39 is 0 Å². The molecule has 1 fully saturated rings. The van der Waals surface area contributed by atoms with Crippen LogP contribution in [0.15, 0.2) is 18.3 Å². The van der Waals surface area contributed by atoms with Crippen molar-refractivity contribution in [3.05, 3.63) is 18.3 Å². The van der Waals surface area contributed by atoms with Crippen LogP contribution >= 0.6 is 0 Å². The average Bonchev–Trinajstić information content (AvgIpc) is 3.18. The van der Waals surface area contributed by atoms with E-state index in [4.69, 9.17) is 4.74 Å². The van der Waals surface area contributed by atoms with E-state index in [1.54, 1.807) is 0 Å². The summed E-state index contributed by atoms with van der Waals surface area (Å²) in [6.45, 7) is 6.15. The van der Waals surface area contributed by atoms with Crippen LogP contribution in [0.2, 0.25) is 0 Å². The summed E-state index contributed by atoms with van der Waals surface area (Å²) < 4.78 is 5.67. The van der Waals surface area contributed by atoms with Crippen molar-refractivity contribution < 1.29 is 4.74 Å². The first kappa shape index (κ1) is 12.2. The van der Waals surface area contributed by atoms with Gasteiger partial charge in [0, 0.05) is 12.7 Å². The number of anilines is 1. The molecule has 1 saturated carbocycles. The van der Waals surface area contributed by atoms with E-state index in [1.165, 1.54) is 12.8 Å². The first-order chi connectivity index (χ1) is 8.31. The Morgan fingerprint density at radius 1 is 1.53 bits per heavy atom. The smallest absolute Gasteiger partial charge is 0.168 e. The molecule has 17 heavy (non-hydrogen) atoms. The Balaban J connectivity index is 1.89. The zero-order valence-corrected chi connectivity index (χ0v) is 10.8. The van der Waals surface area contributed by atoms with Gasteiger partial charge in [0.05, 0.1) is 6.61 Å². The molecule has 0 radical (unpaired) electrons. The van der Waals surface area contributed by atoms with Gasteiger partial charge in [-0.2, -0.15) is 0 Å². The molecule has 1 atom stereocenters. The van der Waals surface area contributed by atoms with Crippen molar-refractivity contribution in [3.8, 4) is 5.75 Å². The maximum absolute atomic E-state index is 5.67. The Labute approximate surface area is 104 Å². The van der Waals surface area contributed by atoms with Gasteiger partial charge >= 0.3 is 0 Å². The minimum Gasteiger partial charge on any atom is -0.490 e. The Morgan fingerprint density at radius 3 is 3.06 bits per heavy atom. The topological polar surface area (TPSA) is 34.1 Å². The van der Waals surface area contributed by atoms with Crippen molar-refractivity contribution >= 4 is 5.82 Å². The van der Waals surface area contributed by atoms with Crippen molar-refractivity contribution in [2.24, 2.45) is 11.8 Å². The lowest BCUT2D eigenvalue weighted by atomic mass is 10.1. The van der Waals surface area contributed by atoms with Crippen LogP contribution in [0.25, 0.3) is 0 Å². The highest BCUT2D eigenvalue weighted by Crippen LogP contribution is 2.36. The molecule has 0 amide bonds. The number of ether oxygens (including phenoxy) is 1.